The highest BCUT2D eigenvalue weighted by Crippen LogP contribution is 2.42. The number of pyridine rings is 1. The van der Waals surface area contributed by atoms with Gasteiger partial charge in [0, 0.05) is 23.6 Å². The molecule has 0 bridgehead atoms. The summed E-state index contributed by atoms with van der Waals surface area (Å²) in [7, 11) is 0. The van der Waals surface area contributed by atoms with Crippen molar-refractivity contribution < 1.29 is 23.8 Å². The van der Waals surface area contributed by atoms with Crippen molar-refractivity contribution >= 4 is 23.1 Å². The van der Waals surface area contributed by atoms with Gasteiger partial charge in [-0.15, -0.1) is 0 Å². The molecule has 6 nitrogen and oxygen atoms in total. The second kappa shape index (κ2) is 9.24. The third kappa shape index (κ3) is 4.22. The van der Waals surface area contributed by atoms with E-state index in [1.807, 2.05) is 13.8 Å². The summed E-state index contributed by atoms with van der Waals surface area (Å²) in [5.74, 6) is -1.71. The molecule has 0 saturated carbocycles. The molecule has 1 amide bonds. The molecule has 1 unspecified atom stereocenters. The van der Waals surface area contributed by atoms with Gasteiger partial charge in [0.1, 0.15) is 17.3 Å². The normalized spacial score (nSPS) is 17.4. The van der Waals surface area contributed by atoms with Crippen LogP contribution in [0.25, 0.3) is 5.76 Å². The van der Waals surface area contributed by atoms with Crippen molar-refractivity contribution in [3.05, 3.63) is 95.1 Å². The quantitative estimate of drug-likeness (QED) is 0.329. The van der Waals surface area contributed by atoms with Crippen LogP contribution in [0.2, 0.25) is 0 Å². The minimum Gasteiger partial charge on any atom is -0.507 e. The van der Waals surface area contributed by atoms with E-state index in [1.54, 1.807) is 36.5 Å². The van der Waals surface area contributed by atoms with Crippen molar-refractivity contribution in [1.82, 2.24) is 4.98 Å². The standard InChI is InChI=1S/C26H23FN2O4/c1-3-13-33-21-11-6-17(14-16(21)2)24(30)22-23(18-5-4-12-28-15-18)29(26(32)25(22)31)20-9-7-19(27)8-10-20/h4-12,14-15,23,30H,3,13H2,1-2H3/b24-22-. The van der Waals surface area contributed by atoms with Crippen LogP contribution >= 0.6 is 0 Å². The first-order valence-corrected chi connectivity index (χ1v) is 10.6. The fourth-order valence-electron chi connectivity index (χ4n) is 3.88. The van der Waals surface area contributed by atoms with Gasteiger partial charge in [-0.05, 0) is 73.0 Å². The number of anilines is 1. The Balaban J connectivity index is 1.85. The molecule has 3 aromatic rings. The van der Waals surface area contributed by atoms with Crippen molar-refractivity contribution in [2.75, 3.05) is 11.5 Å². The molecule has 1 atom stereocenters. The average Bonchev–Trinajstić information content (AvgIpc) is 3.09. The Morgan fingerprint density at radius 1 is 1.15 bits per heavy atom. The predicted octanol–water partition coefficient (Wildman–Crippen LogP) is 4.94. The van der Waals surface area contributed by atoms with Crippen molar-refractivity contribution in [2.45, 2.75) is 26.3 Å². The largest absolute Gasteiger partial charge is 0.507 e. The molecule has 2 aromatic carbocycles. The topological polar surface area (TPSA) is 79.7 Å². The molecule has 1 fully saturated rings. The van der Waals surface area contributed by atoms with E-state index in [9.17, 15) is 19.1 Å². The van der Waals surface area contributed by atoms with Crippen molar-refractivity contribution in [3.8, 4) is 5.75 Å². The zero-order valence-electron chi connectivity index (χ0n) is 18.3. The minimum atomic E-state index is -0.916. The second-order valence-corrected chi connectivity index (χ2v) is 7.76. The fourth-order valence-corrected chi connectivity index (χ4v) is 3.88. The van der Waals surface area contributed by atoms with Crippen LogP contribution in [0.1, 0.15) is 36.1 Å². The van der Waals surface area contributed by atoms with Crippen LogP contribution in [0.15, 0.2) is 72.6 Å². The molecule has 168 valence electrons. The number of nitrogens with zero attached hydrogens (tertiary/aromatic N) is 2. The summed E-state index contributed by atoms with van der Waals surface area (Å²) in [6.45, 7) is 4.42. The molecule has 7 heteroatoms. The number of halogens is 1. The number of amides is 1. The van der Waals surface area contributed by atoms with Crippen LogP contribution < -0.4 is 9.64 Å². The molecule has 1 N–H and O–H groups in total. The summed E-state index contributed by atoms with van der Waals surface area (Å²) in [5.41, 5.74) is 2.01. The monoisotopic (exact) mass is 446 g/mol. The Hall–Kier alpha value is -4.00. The number of hydrogen-bond acceptors (Lipinski definition) is 5. The summed E-state index contributed by atoms with van der Waals surface area (Å²) < 4.78 is 19.2. The zero-order valence-corrected chi connectivity index (χ0v) is 18.3. The molecule has 4 rings (SSSR count). The number of Topliss-reactive ketones (excluding diaryl/α,β-unsaturated/α-hetero) is 1. The van der Waals surface area contributed by atoms with Gasteiger partial charge in [0.05, 0.1) is 18.2 Å². The fraction of sp³-hybridized carbons (Fsp3) is 0.192. The lowest BCUT2D eigenvalue weighted by Crippen LogP contribution is -2.29. The Morgan fingerprint density at radius 2 is 1.91 bits per heavy atom. The molecule has 1 aliphatic rings. The number of aryl methyl sites for hydroxylation is 1. The number of aliphatic hydroxyl groups excluding tert-OH is 1. The highest BCUT2D eigenvalue weighted by molar-refractivity contribution is 6.51. The number of carbonyl (C=O) groups is 2. The van der Waals surface area contributed by atoms with Gasteiger partial charge < -0.3 is 9.84 Å². The lowest BCUT2D eigenvalue weighted by molar-refractivity contribution is -0.132. The van der Waals surface area contributed by atoms with Gasteiger partial charge in [0.2, 0.25) is 0 Å². The number of benzene rings is 2. The summed E-state index contributed by atoms with van der Waals surface area (Å²) in [5, 5.41) is 11.2. The first-order chi connectivity index (χ1) is 15.9. The molecule has 33 heavy (non-hydrogen) atoms. The first-order valence-electron chi connectivity index (χ1n) is 10.6. The lowest BCUT2D eigenvalue weighted by Gasteiger charge is -2.25. The summed E-state index contributed by atoms with van der Waals surface area (Å²) >= 11 is 0. The molecule has 1 saturated heterocycles. The zero-order chi connectivity index (χ0) is 23.5. The summed E-state index contributed by atoms with van der Waals surface area (Å²) in [6, 6.07) is 12.9. The third-order valence-corrected chi connectivity index (χ3v) is 5.46. The molecule has 0 spiro atoms. The Morgan fingerprint density at radius 3 is 2.55 bits per heavy atom. The van der Waals surface area contributed by atoms with Crippen LogP contribution in [-0.2, 0) is 9.59 Å². The molecule has 1 aromatic heterocycles. The molecule has 1 aliphatic heterocycles. The van der Waals surface area contributed by atoms with Crippen LogP contribution in [-0.4, -0.2) is 28.4 Å². The van der Waals surface area contributed by atoms with Crippen LogP contribution in [0, 0.1) is 12.7 Å². The van der Waals surface area contributed by atoms with E-state index >= 15 is 0 Å². The first kappa shape index (κ1) is 22.2. The second-order valence-electron chi connectivity index (χ2n) is 7.76. The highest BCUT2D eigenvalue weighted by Gasteiger charge is 2.47. The maximum absolute atomic E-state index is 13.5. The predicted molar refractivity (Wildman–Crippen MR) is 122 cm³/mol. The van der Waals surface area contributed by atoms with Crippen molar-refractivity contribution in [1.29, 1.82) is 0 Å². The van der Waals surface area contributed by atoms with Gasteiger partial charge in [-0.2, -0.15) is 0 Å². The Labute approximate surface area is 191 Å². The SMILES string of the molecule is CCCOc1ccc(/C(O)=C2/C(=O)C(=O)N(c3ccc(F)cc3)C2c2cccnc2)cc1C. The number of hydrogen-bond donors (Lipinski definition) is 1. The Bertz CT molecular complexity index is 1220. The average molecular weight is 446 g/mol. The molecule has 0 radical (unpaired) electrons. The molecular formula is C26H23FN2O4. The molecule has 0 aliphatic carbocycles. The number of ether oxygens (including phenoxy) is 1. The highest BCUT2D eigenvalue weighted by atomic mass is 19.1. The van der Waals surface area contributed by atoms with E-state index < -0.39 is 23.5 Å². The van der Waals surface area contributed by atoms with E-state index in [2.05, 4.69) is 4.98 Å². The minimum absolute atomic E-state index is 0.0565. The number of rotatable bonds is 6. The van der Waals surface area contributed by atoms with Crippen LogP contribution in [0.4, 0.5) is 10.1 Å². The van der Waals surface area contributed by atoms with Gasteiger partial charge in [-0.25, -0.2) is 4.39 Å². The molecule has 2 heterocycles. The lowest BCUT2D eigenvalue weighted by atomic mass is 9.95. The van der Waals surface area contributed by atoms with Gasteiger partial charge in [-0.1, -0.05) is 13.0 Å². The summed E-state index contributed by atoms with van der Waals surface area (Å²) in [6.07, 6.45) is 3.97. The smallest absolute Gasteiger partial charge is 0.300 e. The maximum atomic E-state index is 13.5. The van der Waals surface area contributed by atoms with E-state index in [4.69, 9.17) is 4.74 Å². The number of aromatic nitrogens is 1. The van der Waals surface area contributed by atoms with Crippen LogP contribution in [0.5, 0.6) is 5.75 Å². The van der Waals surface area contributed by atoms with Gasteiger partial charge in [0.15, 0.2) is 0 Å². The Kier molecular flexibility index (Phi) is 6.22. The van der Waals surface area contributed by atoms with Gasteiger partial charge >= 0.3 is 0 Å². The van der Waals surface area contributed by atoms with E-state index in [0.717, 1.165) is 12.0 Å². The van der Waals surface area contributed by atoms with Crippen LogP contribution in [0.3, 0.4) is 0 Å². The van der Waals surface area contributed by atoms with Crippen molar-refractivity contribution in [3.63, 3.8) is 0 Å². The van der Waals surface area contributed by atoms with E-state index in [1.165, 1.54) is 35.4 Å². The van der Waals surface area contributed by atoms with E-state index in [0.29, 0.717) is 29.2 Å². The molecular weight excluding hydrogens is 423 g/mol. The number of ketones is 1. The number of carbonyl (C=O) groups excluding carboxylic acids is 2. The maximum Gasteiger partial charge on any atom is 0.300 e. The number of aliphatic hydroxyl groups is 1. The van der Waals surface area contributed by atoms with Crippen molar-refractivity contribution in [2.24, 2.45) is 0 Å². The van der Waals surface area contributed by atoms with Gasteiger partial charge in [-0.3, -0.25) is 19.5 Å². The summed E-state index contributed by atoms with van der Waals surface area (Å²) in [4.78, 5) is 31.5. The van der Waals surface area contributed by atoms with E-state index in [-0.39, 0.29) is 11.3 Å². The third-order valence-electron chi connectivity index (χ3n) is 5.46. The van der Waals surface area contributed by atoms with Gasteiger partial charge in [0.25, 0.3) is 11.7 Å².